The normalized spacial score (nSPS) is 8.18. The van der Waals surface area contributed by atoms with Crippen LogP contribution in [0.1, 0.15) is 119 Å². The summed E-state index contributed by atoms with van der Waals surface area (Å²) in [4.78, 5) is 8.00. The molecule has 0 saturated carbocycles. The van der Waals surface area contributed by atoms with Crippen molar-refractivity contribution in [3.8, 4) is 0 Å². The molecule has 0 amide bonds. The van der Waals surface area contributed by atoms with Crippen LogP contribution in [-0.2, 0) is 56.9 Å². The Kier molecular flexibility index (Phi) is 230. The summed E-state index contributed by atoms with van der Waals surface area (Å²) in [6.07, 6.45) is 0.895. The third-order valence-electron chi connectivity index (χ3n) is 4.54. The van der Waals surface area contributed by atoms with Gasteiger partial charge < -0.3 is 73.5 Å². The van der Waals surface area contributed by atoms with E-state index in [1.54, 1.807) is 0 Å². The van der Waals surface area contributed by atoms with Crippen LogP contribution in [0.2, 0.25) is 0 Å². The molecule has 0 bridgehead atoms. The molecular weight excluding hydrogens is 740 g/mol. The molecule has 0 aromatic carbocycles. The topological polar surface area (TPSA) is 191 Å². The van der Waals surface area contributed by atoms with E-state index in [9.17, 15) is 0 Å². The Labute approximate surface area is 364 Å². The first-order valence-electron chi connectivity index (χ1n) is 16.0. The molecule has 0 heterocycles. The number of aliphatic hydroxyl groups is 1. The molecule has 376 valence electrons. The summed E-state index contributed by atoms with van der Waals surface area (Å²) in [7, 11) is 0. The minimum Gasteiger partial charge on any atom is -0.394 e. The van der Waals surface area contributed by atoms with Gasteiger partial charge in [0.2, 0.25) is 0 Å². The lowest BCUT2D eigenvalue weighted by Gasteiger charge is -2.08. The van der Waals surface area contributed by atoms with Gasteiger partial charge in [-0.25, -0.2) is 0 Å². The van der Waals surface area contributed by atoms with Crippen molar-refractivity contribution in [2.45, 2.75) is 116 Å². The highest BCUT2D eigenvalue weighted by Crippen LogP contribution is 1.86. The van der Waals surface area contributed by atoms with E-state index in [-0.39, 0.29) is 98.6 Å². The van der Waals surface area contributed by atoms with E-state index in [0.29, 0.717) is 152 Å². The molecule has 15 heteroatoms. The van der Waals surface area contributed by atoms with Crippen molar-refractivity contribution < 1.29 is 64.9 Å². The third-order valence-corrected chi connectivity index (χ3v) is 4.54. The first-order valence-corrected chi connectivity index (χ1v) is 16.0. The Bertz CT molecular complexity index is 431. The summed E-state index contributed by atoms with van der Waals surface area (Å²) in [6.45, 7) is 21.7. The van der Waals surface area contributed by atoms with Crippen LogP contribution >= 0.6 is 0 Å². The molecule has 0 fully saturated rings. The lowest BCUT2D eigenvalue weighted by atomic mass is 10.5. The second kappa shape index (κ2) is 124. The van der Waals surface area contributed by atoms with Crippen LogP contribution in [0.3, 0.4) is 0 Å². The van der Waals surface area contributed by atoms with Gasteiger partial charge in [0.15, 0.2) is 0 Å². The third kappa shape index (κ3) is 134. The standard InChI is InChI=1S/C14H31NO7.C13H29NO5.C2H6.CH2O.12CH4.2H2/c15-1-3-17-5-7-19-9-11-21-13-14-22-12-10-20-8-6-18-4-2-16;1-2-15-6-7-17-10-11-19-13-12-18-9-8-16-5-3-4-14;2*1-2;;;;;;;;;;;;;;/h16H,1-15H2;2-14H2,1H3;1-2H3;1H2;12*1H4;2*1H. The molecule has 0 atom stereocenters. The number of hydrogen-bond donors (Lipinski definition) is 3. The second-order valence-corrected chi connectivity index (χ2v) is 7.98. The number of nitrogens with two attached hydrogens (primary N) is 2. The quantitative estimate of drug-likeness (QED) is 0.0514. The molecular formula is C42H120N2O13. The Balaban J connectivity index is -0.0000000270. The number of aliphatic hydroxyl groups excluding tert-OH is 1. The van der Waals surface area contributed by atoms with E-state index in [4.69, 9.17) is 73.5 Å². The van der Waals surface area contributed by atoms with Crippen molar-refractivity contribution in [3.63, 3.8) is 0 Å². The van der Waals surface area contributed by atoms with Gasteiger partial charge in [0, 0.05) is 22.6 Å². The highest BCUT2D eigenvalue weighted by Gasteiger charge is 1.95. The van der Waals surface area contributed by atoms with Crippen LogP contribution in [0.25, 0.3) is 0 Å². The van der Waals surface area contributed by atoms with E-state index in [1.807, 2.05) is 27.6 Å². The van der Waals surface area contributed by atoms with Crippen molar-refractivity contribution in [1.29, 1.82) is 0 Å². The highest BCUT2D eigenvalue weighted by molar-refractivity contribution is 5.11. The molecule has 0 spiro atoms. The fourth-order valence-electron chi connectivity index (χ4n) is 2.56. The van der Waals surface area contributed by atoms with Crippen molar-refractivity contribution in [1.82, 2.24) is 0 Å². The van der Waals surface area contributed by atoms with Gasteiger partial charge in [-0.1, -0.05) is 103 Å². The fourth-order valence-corrected chi connectivity index (χ4v) is 2.56. The van der Waals surface area contributed by atoms with Gasteiger partial charge in [0.25, 0.3) is 0 Å². The van der Waals surface area contributed by atoms with E-state index in [0.717, 1.165) is 13.0 Å². The Morgan fingerprint density at radius 3 is 0.737 bits per heavy atom. The number of rotatable bonds is 35. The van der Waals surface area contributed by atoms with Gasteiger partial charge in [0.05, 0.1) is 139 Å². The fraction of sp³-hybridized carbons (Fsp3) is 0.976. The first-order chi connectivity index (χ1) is 22.3. The molecule has 0 unspecified atom stereocenters. The maximum absolute atomic E-state index is 8.49. The van der Waals surface area contributed by atoms with Gasteiger partial charge in [0.1, 0.15) is 6.79 Å². The lowest BCUT2D eigenvalue weighted by molar-refractivity contribution is -0.0980. The summed E-state index contributed by atoms with van der Waals surface area (Å²) < 4.78 is 57.8. The van der Waals surface area contributed by atoms with Crippen LogP contribution in [-0.4, -0.2) is 177 Å². The smallest absolute Gasteiger partial charge is 0.106 e. The molecule has 15 nitrogen and oxygen atoms in total. The summed E-state index contributed by atoms with van der Waals surface area (Å²) in [5.41, 5.74) is 10.6. The summed E-state index contributed by atoms with van der Waals surface area (Å²) in [6, 6.07) is 0. The van der Waals surface area contributed by atoms with Crippen LogP contribution in [0, 0.1) is 0 Å². The van der Waals surface area contributed by atoms with Gasteiger partial charge in [-0.3, -0.25) is 0 Å². The maximum atomic E-state index is 8.49. The largest absolute Gasteiger partial charge is 0.394 e. The Morgan fingerprint density at radius 2 is 0.544 bits per heavy atom. The number of hydrogen-bond acceptors (Lipinski definition) is 15. The molecule has 0 aliphatic heterocycles. The zero-order chi connectivity index (χ0) is 34.2. The summed E-state index contributed by atoms with van der Waals surface area (Å²) >= 11 is 0. The van der Waals surface area contributed by atoms with Crippen LogP contribution < -0.4 is 11.5 Å². The van der Waals surface area contributed by atoms with Gasteiger partial charge in [-0.05, 0) is 19.9 Å². The number of ether oxygens (including phenoxy) is 11. The maximum Gasteiger partial charge on any atom is 0.106 e. The summed E-state index contributed by atoms with van der Waals surface area (Å²) in [5.74, 6) is 0. The molecule has 0 aromatic heterocycles. The Hall–Kier alpha value is -0.890. The minimum atomic E-state index is 0. The van der Waals surface area contributed by atoms with Crippen molar-refractivity contribution in [3.05, 3.63) is 0 Å². The summed E-state index contributed by atoms with van der Waals surface area (Å²) in [5, 5.41) is 8.49. The molecule has 0 aliphatic carbocycles. The zero-order valence-electron chi connectivity index (χ0n) is 28.6. The van der Waals surface area contributed by atoms with Crippen LogP contribution in [0.4, 0.5) is 0 Å². The number of carbonyl (C=O) groups excluding carboxylic acids is 1. The predicted molar refractivity (Wildman–Crippen MR) is 258 cm³/mol. The first kappa shape index (κ1) is 106. The molecule has 57 heavy (non-hydrogen) atoms. The van der Waals surface area contributed by atoms with Gasteiger partial charge in [-0.2, -0.15) is 0 Å². The Morgan fingerprint density at radius 1 is 0.351 bits per heavy atom. The lowest BCUT2D eigenvalue weighted by Crippen LogP contribution is -2.15. The van der Waals surface area contributed by atoms with Crippen molar-refractivity contribution in [2.75, 3.05) is 165 Å². The van der Waals surface area contributed by atoms with E-state index >= 15 is 0 Å². The number of carbonyl (C=O) groups is 1. The average Bonchev–Trinajstić information content (AvgIpc) is 3.08. The van der Waals surface area contributed by atoms with E-state index in [2.05, 4.69) is 0 Å². The predicted octanol–water partition coefficient (Wildman–Crippen LogP) is 8.44. The zero-order valence-corrected chi connectivity index (χ0v) is 28.6. The molecule has 0 rings (SSSR count). The molecule has 0 aromatic rings. The molecule has 0 radical (unpaired) electrons. The van der Waals surface area contributed by atoms with Gasteiger partial charge >= 0.3 is 0 Å². The molecule has 5 N–H and O–H groups in total. The van der Waals surface area contributed by atoms with E-state index < -0.39 is 0 Å². The SMILES string of the molecule is C.C.C.C.C.C.C.C.C.C.C.C.C=O.CC.CCOCCOCCOCCOCCOCCCN.NCCOCCOCCOCCOCCOCCOCCO.[HH].[HH]. The van der Waals surface area contributed by atoms with Gasteiger partial charge in [-0.15, -0.1) is 0 Å². The average molecular weight is 861 g/mol. The van der Waals surface area contributed by atoms with Crippen LogP contribution in [0.15, 0.2) is 0 Å². The minimum absolute atomic E-state index is 0. The molecule has 0 saturated heterocycles. The molecule has 0 aliphatic rings. The van der Waals surface area contributed by atoms with Crippen molar-refractivity contribution in [2.24, 2.45) is 11.5 Å². The highest BCUT2D eigenvalue weighted by atomic mass is 16.6. The monoisotopic (exact) mass is 861 g/mol. The second-order valence-electron chi connectivity index (χ2n) is 7.98. The van der Waals surface area contributed by atoms with Crippen LogP contribution in [0.5, 0.6) is 0 Å². The van der Waals surface area contributed by atoms with E-state index in [1.165, 1.54) is 0 Å². The van der Waals surface area contributed by atoms with Crippen molar-refractivity contribution >= 4 is 6.79 Å².